The van der Waals surface area contributed by atoms with Crippen LogP contribution >= 0.6 is 35.0 Å². The van der Waals surface area contributed by atoms with E-state index < -0.39 is 0 Å². The lowest BCUT2D eigenvalue weighted by Crippen LogP contribution is -2.27. The Morgan fingerprint density at radius 1 is 1.09 bits per heavy atom. The van der Waals surface area contributed by atoms with E-state index in [0.717, 1.165) is 11.3 Å². The Kier molecular flexibility index (Phi) is 6.74. The van der Waals surface area contributed by atoms with Crippen molar-refractivity contribution in [3.05, 3.63) is 76.5 Å². The summed E-state index contributed by atoms with van der Waals surface area (Å²) in [6.07, 6.45) is 0. The zero-order valence-corrected chi connectivity index (χ0v) is 19.4. The third-order valence-corrected chi connectivity index (χ3v) is 6.22. The first-order valence-corrected chi connectivity index (χ1v) is 11.3. The molecule has 1 amide bonds. The highest BCUT2D eigenvalue weighted by molar-refractivity contribution is 7.99. The van der Waals surface area contributed by atoms with Gasteiger partial charge in [-0.15, -0.1) is 10.2 Å². The molecule has 0 aliphatic carbocycles. The van der Waals surface area contributed by atoms with E-state index in [4.69, 9.17) is 33.5 Å². The third kappa shape index (κ3) is 4.93. The van der Waals surface area contributed by atoms with Gasteiger partial charge in [0.05, 0.1) is 17.3 Å². The number of amides is 1. The van der Waals surface area contributed by atoms with Gasteiger partial charge in [-0.1, -0.05) is 47.1 Å². The van der Waals surface area contributed by atoms with Crippen molar-refractivity contribution in [2.45, 2.75) is 11.7 Å². The van der Waals surface area contributed by atoms with Crippen molar-refractivity contribution in [3.8, 4) is 22.7 Å². The van der Waals surface area contributed by atoms with Crippen LogP contribution in [0.2, 0.25) is 10.0 Å². The summed E-state index contributed by atoms with van der Waals surface area (Å²) >= 11 is 13.4. The minimum absolute atomic E-state index is 0.0956. The topological polar surface area (TPSA) is 90.2 Å². The fourth-order valence-electron chi connectivity index (χ4n) is 2.99. The predicted molar refractivity (Wildman–Crippen MR) is 127 cm³/mol. The predicted octanol–water partition coefficient (Wildman–Crippen LogP) is 4.98. The fourth-order valence-corrected chi connectivity index (χ4v) is 4.14. The molecule has 0 aliphatic rings. The number of rotatable bonds is 7. The second-order valence-corrected chi connectivity index (χ2v) is 8.75. The first-order chi connectivity index (χ1) is 15.4. The number of nitrogens with two attached hydrogens (primary N) is 1. The van der Waals surface area contributed by atoms with Gasteiger partial charge in [-0.3, -0.25) is 4.79 Å². The number of thioether (sulfide) groups is 1. The monoisotopic (exact) mass is 487 g/mol. The van der Waals surface area contributed by atoms with E-state index in [2.05, 4.69) is 10.2 Å². The van der Waals surface area contributed by atoms with E-state index >= 15 is 0 Å². The van der Waals surface area contributed by atoms with Crippen molar-refractivity contribution < 1.29 is 9.21 Å². The average Bonchev–Trinajstić information content (AvgIpc) is 3.39. The summed E-state index contributed by atoms with van der Waals surface area (Å²) in [6.45, 7) is 0.340. The number of nitrogens with zero attached hydrogens (tertiary/aromatic N) is 4. The van der Waals surface area contributed by atoms with Gasteiger partial charge in [0, 0.05) is 23.2 Å². The molecule has 4 rings (SSSR count). The van der Waals surface area contributed by atoms with Gasteiger partial charge >= 0.3 is 0 Å². The fraction of sp³-hybridized carbons (Fsp3) is 0.136. The van der Waals surface area contributed by atoms with Crippen LogP contribution in [0.4, 0.5) is 0 Å². The van der Waals surface area contributed by atoms with E-state index in [1.807, 2.05) is 42.5 Å². The van der Waals surface area contributed by atoms with Crippen LogP contribution in [-0.2, 0) is 11.3 Å². The molecule has 0 aliphatic heterocycles. The number of carbonyl (C=O) groups excluding carboxylic acids is 1. The molecule has 0 unspecified atom stereocenters. The molecule has 2 N–H and O–H groups in total. The van der Waals surface area contributed by atoms with Crippen molar-refractivity contribution >= 4 is 40.9 Å². The number of carbonyl (C=O) groups is 1. The van der Waals surface area contributed by atoms with Crippen LogP contribution in [0.3, 0.4) is 0 Å². The number of halogens is 2. The summed E-state index contributed by atoms with van der Waals surface area (Å²) in [5.41, 5.74) is 1.59. The maximum Gasteiger partial charge on any atom is 0.233 e. The van der Waals surface area contributed by atoms with Gasteiger partial charge in [-0.2, -0.15) is 0 Å². The Balaban J connectivity index is 1.36. The second kappa shape index (κ2) is 9.68. The van der Waals surface area contributed by atoms with Crippen LogP contribution < -0.4 is 5.84 Å². The zero-order chi connectivity index (χ0) is 22.7. The Morgan fingerprint density at radius 2 is 1.84 bits per heavy atom. The van der Waals surface area contributed by atoms with Crippen LogP contribution in [0.25, 0.3) is 22.7 Å². The molecular weight excluding hydrogens is 469 g/mol. The van der Waals surface area contributed by atoms with E-state index in [9.17, 15) is 4.79 Å². The van der Waals surface area contributed by atoms with Gasteiger partial charge in [0.25, 0.3) is 0 Å². The third-order valence-electron chi connectivity index (χ3n) is 4.71. The summed E-state index contributed by atoms with van der Waals surface area (Å²) < 4.78 is 7.21. The first kappa shape index (κ1) is 22.3. The Bertz CT molecular complexity index is 1240. The van der Waals surface area contributed by atoms with Crippen molar-refractivity contribution in [2.24, 2.45) is 0 Å². The Hall–Kier alpha value is -2.94. The maximum atomic E-state index is 12.6. The number of furan rings is 1. The number of hydrogen-bond acceptors (Lipinski definition) is 6. The van der Waals surface area contributed by atoms with Crippen molar-refractivity contribution in [2.75, 3.05) is 18.6 Å². The summed E-state index contributed by atoms with van der Waals surface area (Å²) in [5, 5.41) is 9.80. The molecule has 0 bridgehead atoms. The van der Waals surface area contributed by atoms with Gasteiger partial charge in [0.15, 0.2) is 5.82 Å². The highest BCUT2D eigenvalue weighted by atomic mass is 35.5. The van der Waals surface area contributed by atoms with Gasteiger partial charge < -0.3 is 15.2 Å². The van der Waals surface area contributed by atoms with Crippen LogP contribution in [0.1, 0.15) is 5.76 Å². The molecular formula is C22H19Cl2N5O2S. The first-order valence-electron chi connectivity index (χ1n) is 9.59. The summed E-state index contributed by atoms with van der Waals surface area (Å²) in [5.74, 6) is 8.01. The molecule has 2 aromatic carbocycles. The lowest BCUT2D eigenvalue weighted by Gasteiger charge is -2.15. The highest BCUT2D eigenvalue weighted by Gasteiger charge is 2.18. The summed E-state index contributed by atoms with van der Waals surface area (Å²) in [7, 11) is 1.72. The molecule has 10 heteroatoms. The molecule has 2 aromatic heterocycles. The molecule has 0 radical (unpaired) electrons. The number of aromatic nitrogens is 3. The molecule has 0 spiro atoms. The molecule has 2 heterocycles. The zero-order valence-electron chi connectivity index (χ0n) is 17.0. The van der Waals surface area contributed by atoms with Crippen LogP contribution in [0.5, 0.6) is 0 Å². The second-order valence-electron chi connectivity index (χ2n) is 6.97. The smallest absolute Gasteiger partial charge is 0.233 e. The van der Waals surface area contributed by atoms with Crippen LogP contribution in [-0.4, -0.2) is 38.5 Å². The minimum Gasteiger partial charge on any atom is -0.459 e. The SMILES string of the molecule is CN(Cc1ccc(-c2ccc(Cl)cc2)o1)C(=O)CSc1nnc(-c2ccccc2Cl)n1N. The molecule has 7 nitrogen and oxygen atoms in total. The lowest BCUT2D eigenvalue weighted by molar-refractivity contribution is -0.127. The van der Waals surface area contributed by atoms with E-state index in [1.54, 1.807) is 30.1 Å². The number of hydrogen-bond donors (Lipinski definition) is 1. The van der Waals surface area contributed by atoms with Gasteiger partial charge in [-0.05, 0) is 48.5 Å². The van der Waals surface area contributed by atoms with Crippen molar-refractivity contribution in [1.82, 2.24) is 19.8 Å². The van der Waals surface area contributed by atoms with Gasteiger partial charge in [0.1, 0.15) is 11.5 Å². The number of benzene rings is 2. The highest BCUT2D eigenvalue weighted by Crippen LogP contribution is 2.28. The minimum atomic E-state index is -0.0956. The van der Waals surface area contributed by atoms with Crippen molar-refractivity contribution in [3.63, 3.8) is 0 Å². The standard InChI is InChI=1S/C22H19Cl2N5O2S/c1-28(12-16-10-11-19(31-16)14-6-8-15(23)9-7-14)20(30)13-32-22-27-26-21(29(22)25)17-4-2-3-5-18(17)24/h2-11H,12-13,25H2,1H3. The Morgan fingerprint density at radius 3 is 2.59 bits per heavy atom. The Labute approximate surface area is 199 Å². The van der Waals surface area contributed by atoms with Gasteiger partial charge in [-0.25, -0.2) is 4.68 Å². The van der Waals surface area contributed by atoms with E-state index in [1.165, 1.54) is 16.4 Å². The molecule has 4 aromatic rings. The maximum absolute atomic E-state index is 12.6. The molecule has 32 heavy (non-hydrogen) atoms. The molecule has 0 saturated heterocycles. The van der Waals surface area contributed by atoms with Gasteiger partial charge in [0.2, 0.25) is 11.1 Å². The molecule has 164 valence electrons. The molecule has 0 saturated carbocycles. The largest absolute Gasteiger partial charge is 0.459 e. The van der Waals surface area contributed by atoms with Crippen LogP contribution in [0.15, 0.2) is 70.2 Å². The lowest BCUT2D eigenvalue weighted by atomic mass is 10.2. The molecule has 0 fully saturated rings. The molecule has 0 atom stereocenters. The number of nitrogen functional groups attached to an aromatic ring is 1. The van der Waals surface area contributed by atoms with Crippen molar-refractivity contribution in [1.29, 1.82) is 0 Å². The summed E-state index contributed by atoms with van der Waals surface area (Å²) in [6, 6.07) is 18.3. The average molecular weight is 488 g/mol. The normalized spacial score (nSPS) is 11.0. The van der Waals surface area contributed by atoms with E-state index in [0.29, 0.717) is 38.9 Å². The summed E-state index contributed by atoms with van der Waals surface area (Å²) in [4.78, 5) is 14.2. The van der Waals surface area contributed by atoms with Crippen LogP contribution in [0, 0.1) is 0 Å². The van der Waals surface area contributed by atoms with E-state index in [-0.39, 0.29) is 11.7 Å². The quantitative estimate of drug-likeness (QED) is 0.292.